The quantitative estimate of drug-likeness (QED) is 0.751. The van der Waals surface area contributed by atoms with Crippen molar-refractivity contribution in [2.45, 2.75) is 30.5 Å². The highest BCUT2D eigenvalue weighted by Crippen LogP contribution is 2.14. The summed E-state index contributed by atoms with van der Waals surface area (Å²) in [6, 6.07) is 0.634. The predicted octanol–water partition coefficient (Wildman–Crippen LogP) is 1.04. The minimum atomic E-state index is 0.634. The Morgan fingerprint density at radius 1 is 1.50 bits per heavy atom. The molecule has 5 heteroatoms. The van der Waals surface area contributed by atoms with Crippen molar-refractivity contribution in [2.75, 3.05) is 19.3 Å². The first-order valence-corrected chi connectivity index (χ1v) is 6.90. The molecule has 1 aliphatic rings. The molecule has 4 nitrogen and oxygen atoms in total. The molecule has 88 valence electrons. The maximum absolute atomic E-state index is 4.35. The van der Waals surface area contributed by atoms with Crippen molar-refractivity contribution < 1.29 is 0 Å². The fraction of sp³-hybridized carbons (Fsp3) is 0.636. The molecule has 0 unspecified atom stereocenters. The van der Waals surface area contributed by atoms with Gasteiger partial charge in [0.2, 0.25) is 0 Å². The largest absolute Gasteiger partial charge is 0.313 e. The Morgan fingerprint density at radius 3 is 3.12 bits per heavy atom. The van der Waals surface area contributed by atoms with Crippen molar-refractivity contribution in [1.29, 1.82) is 0 Å². The number of rotatable bonds is 5. The van der Waals surface area contributed by atoms with Crippen LogP contribution >= 0.6 is 11.8 Å². The van der Waals surface area contributed by atoms with Gasteiger partial charge < -0.3 is 10.6 Å². The molecule has 16 heavy (non-hydrogen) atoms. The fourth-order valence-corrected chi connectivity index (χ4v) is 2.47. The normalized spacial score (nSPS) is 20.2. The molecule has 2 rings (SSSR count). The van der Waals surface area contributed by atoms with Gasteiger partial charge in [0.1, 0.15) is 5.03 Å². The van der Waals surface area contributed by atoms with E-state index in [0.29, 0.717) is 6.04 Å². The van der Waals surface area contributed by atoms with E-state index < -0.39 is 0 Å². The van der Waals surface area contributed by atoms with Crippen LogP contribution in [0.5, 0.6) is 0 Å². The highest BCUT2D eigenvalue weighted by Gasteiger charge is 2.13. The predicted molar refractivity (Wildman–Crippen MR) is 66.5 cm³/mol. The first kappa shape index (κ1) is 11.8. The molecule has 1 atom stereocenters. The van der Waals surface area contributed by atoms with E-state index in [9.17, 15) is 0 Å². The number of hydrogen-bond donors (Lipinski definition) is 2. The van der Waals surface area contributed by atoms with Crippen LogP contribution in [0, 0.1) is 0 Å². The summed E-state index contributed by atoms with van der Waals surface area (Å²) in [6.45, 7) is 2.99. The number of nitrogens with one attached hydrogen (secondary N) is 2. The molecule has 1 saturated heterocycles. The first-order valence-electron chi connectivity index (χ1n) is 5.68. The lowest BCUT2D eigenvalue weighted by atomic mass is 10.2. The van der Waals surface area contributed by atoms with E-state index in [1.165, 1.54) is 12.8 Å². The second-order valence-corrected chi connectivity index (χ2v) is 4.73. The molecular weight excluding hydrogens is 220 g/mol. The third-order valence-corrected chi connectivity index (χ3v) is 3.50. The summed E-state index contributed by atoms with van der Waals surface area (Å²) in [5, 5.41) is 7.93. The van der Waals surface area contributed by atoms with Crippen molar-refractivity contribution >= 4 is 11.8 Å². The van der Waals surface area contributed by atoms with Crippen molar-refractivity contribution in [1.82, 2.24) is 20.6 Å². The standard InChI is InChI=1S/C11H18N4S/c1-16-11-10(14-5-6-15-11)8-12-7-9-3-2-4-13-9/h5-6,9,12-13H,2-4,7-8H2,1H3/t9-/m1/s1. The van der Waals surface area contributed by atoms with E-state index in [1.54, 1.807) is 24.2 Å². The summed E-state index contributed by atoms with van der Waals surface area (Å²) < 4.78 is 0. The minimum Gasteiger partial charge on any atom is -0.313 e. The monoisotopic (exact) mass is 238 g/mol. The smallest absolute Gasteiger partial charge is 0.119 e. The third-order valence-electron chi connectivity index (χ3n) is 2.77. The maximum Gasteiger partial charge on any atom is 0.119 e. The van der Waals surface area contributed by atoms with Crippen LogP contribution in [-0.2, 0) is 6.54 Å². The highest BCUT2D eigenvalue weighted by atomic mass is 32.2. The van der Waals surface area contributed by atoms with Gasteiger partial charge in [0.05, 0.1) is 5.69 Å². The van der Waals surface area contributed by atoms with Crippen molar-refractivity contribution in [3.8, 4) is 0 Å². The zero-order chi connectivity index (χ0) is 11.2. The van der Waals surface area contributed by atoms with Crippen LogP contribution in [0.3, 0.4) is 0 Å². The number of aromatic nitrogens is 2. The molecule has 0 radical (unpaired) electrons. The Balaban J connectivity index is 1.79. The van der Waals surface area contributed by atoms with E-state index in [0.717, 1.165) is 30.4 Å². The number of hydrogen-bond acceptors (Lipinski definition) is 5. The molecular formula is C11H18N4S. The molecule has 0 amide bonds. The van der Waals surface area contributed by atoms with E-state index in [-0.39, 0.29) is 0 Å². The van der Waals surface area contributed by atoms with Gasteiger partial charge in [0.25, 0.3) is 0 Å². The summed E-state index contributed by atoms with van der Waals surface area (Å²) in [6.07, 6.45) is 8.11. The fourth-order valence-electron chi connectivity index (χ4n) is 1.94. The van der Waals surface area contributed by atoms with Crippen LogP contribution in [0.4, 0.5) is 0 Å². The Hall–Kier alpha value is -0.650. The second-order valence-electron chi connectivity index (χ2n) is 3.94. The molecule has 0 bridgehead atoms. The Kier molecular flexibility index (Phi) is 4.56. The van der Waals surface area contributed by atoms with Gasteiger partial charge in [0, 0.05) is 31.5 Å². The van der Waals surface area contributed by atoms with Crippen LogP contribution < -0.4 is 10.6 Å². The molecule has 0 spiro atoms. The number of nitrogens with zero attached hydrogens (tertiary/aromatic N) is 2. The van der Waals surface area contributed by atoms with E-state index in [1.807, 2.05) is 6.26 Å². The van der Waals surface area contributed by atoms with Gasteiger partial charge in [-0.05, 0) is 25.6 Å². The van der Waals surface area contributed by atoms with Crippen LogP contribution in [0.1, 0.15) is 18.5 Å². The van der Waals surface area contributed by atoms with Crippen molar-refractivity contribution in [3.05, 3.63) is 18.1 Å². The van der Waals surface area contributed by atoms with Gasteiger partial charge in [-0.15, -0.1) is 11.8 Å². The van der Waals surface area contributed by atoms with E-state index in [2.05, 4.69) is 20.6 Å². The van der Waals surface area contributed by atoms with Crippen LogP contribution in [0.15, 0.2) is 17.4 Å². The summed E-state index contributed by atoms with van der Waals surface area (Å²) in [4.78, 5) is 8.64. The SMILES string of the molecule is CSc1nccnc1CNC[C@H]1CCCN1. The molecule has 1 fully saturated rings. The topological polar surface area (TPSA) is 49.8 Å². The van der Waals surface area contributed by atoms with Gasteiger partial charge in [-0.3, -0.25) is 4.98 Å². The molecule has 2 N–H and O–H groups in total. The summed E-state index contributed by atoms with van der Waals surface area (Å²) in [7, 11) is 0. The van der Waals surface area contributed by atoms with Crippen LogP contribution in [0.25, 0.3) is 0 Å². The second kappa shape index (κ2) is 6.18. The van der Waals surface area contributed by atoms with Crippen LogP contribution in [-0.4, -0.2) is 35.4 Å². The first-order chi connectivity index (χ1) is 7.90. The van der Waals surface area contributed by atoms with Crippen LogP contribution in [0.2, 0.25) is 0 Å². The lowest BCUT2D eigenvalue weighted by Gasteiger charge is -2.11. The van der Waals surface area contributed by atoms with E-state index in [4.69, 9.17) is 0 Å². The average molecular weight is 238 g/mol. The maximum atomic E-state index is 4.35. The van der Waals surface area contributed by atoms with Crippen molar-refractivity contribution in [2.24, 2.45) is 0 Å². The molecule has 0 aliphatic carbocycles. The zero-order valence-corrected chi connectivity index (χ0v) is 10.4. The molecule has 1 aromatic heterocycles. The van der Waals surface area contributed by atoms with E-state index >= 15 is 0 Å². The van der Waals surface area contributed by atoms with Gasteiger partial charge in [-0.1, -0.05) is 0 Å². The third kappa shape index (κ3) is 3.17. The molecule has 2 heterocycles. The van der Waals surface area contributed by atoms with Gasteiger partial charge >= 0.3 is 0 Å². The summed E-state index contributed by atoms with van der Waals surface area (Å²) >= 11 is 1.65. The van der Waals surface area contributed by atoms with Crippen molar-refractivity contribution in [3.63, 3.8) is 0 Å². The van der Waals surface area contributed by atoms with Gasteiger partial charge in [-0.25, -0.2) is 4.98 Å². The summed E-state index contributed by atoms with van der Waals surface area (Å²) in [5.74, 6) is 0. The zero-order valence-electron chi connectivity index (χ0n) is 9.57. The summed E-state index contributed by atoms with van der Waals surface area (Å²) in [5.41, 5.74) is 1.05. The van der Waals surface area contributed by atoms with Gasteiger partial charge in [-0.2, -0.15) is 0 Å². The molecule has 0 aromatic carbocycles. The van der Waals surface area contributed by atoms with Gasteiger partial charge in [0.15, 0.2) is 0 Å². The lowest BCUT2D eigenvalue weighted by molar-refractivity contribution is 0.529. The highest BCUT2D eigenvalue weighted by molar-refractivity contribution is 7.98. The molecule has 0 saturated carbocycles. The number of thioether (sulfide) groups is 1. The molecule has 1 aromatic rings. The average Bonchev–Trinajstić information content (AvgIpc) is 2.83. The Bertz CT molecular complexity index is 326. The Morgan fingerprint density at radius 2 is 2.38 bits per heavy atom. The molecule has 1 aliphatic heterocycles. The minimum absolute atomic E-state index is 0.634. The Labute approximate surface area is 101 Å². The lowest BCUT2D eigenvalue weighted by Crippen LogP contribution is -2.33.